The zero-order chi connectivity index (χ0) is 17.8. The summed E-state index contributed by atoms with van der Waals surface area (Å²) in [7, 11) is 0. The Labute approximate surface area is 154 Å². The third kappa shape index (κ3) is 4.33. The van der Waals surface area contributed by atoms with Crippen LogP contribution in [0.15, 0.2) is 48.5 Å². The average Bonchev–Trinajstić information content (AvgIpc) is 2.62. The molecule has 1 amide bonds. The molecule has 1 aliphatic heterocycles. The highest BCUT2D eigenvalue weighted by atomic mass is 35.5. The van der Waals surface area contributed by atoms with Crippen LogP contribution in [0.25, 0.3) is 0 Å². The Morgan fingerprint density at radius 1 is 1.16 bits per heavy atom. The molecule has 0 aromatic heterocycles. The summed E-state index contributed by atoms with van der Waals surface area (Å²) in [6.07, 6.45) is 0. The molecule has 4 nitrogen and oxygen atoms in total. The van der Waals surface area contributed by atoms with Crippen LogP contribution in [0.5, 0.6) is 0 Å². The van der Waals surface area contributed by atoms with Gasteiger partial charge in [0.05, 0.1) is 26.2 Å². The molecule has 3 rings (SSSR count). The molecule has 0 saturated carbocycles. The first-order valence-electron chi connectivity index (χ1n) is 8.76. The number of nitrogens with zero attached hydrogens (tertiary/aromatic N) is 1. The van der Waals surface area contributed by atoms with E-state index < -0.39 is 0 Å². The molecule has 0 unspecified atom stereocenters. The monoisotopic (exact) mass is 358 g/mol. The van der Waals surface area contributed by atoms with Gasteiger partial charge in [0.1, 0.15) is 0 Å². The first-order chi connectivity index (χ1) is 12.0. The molecular weight excluding hydrogens is 334 g/mol. The standard InChI is InChI=1S/C20H24ClN3O/c1-15-6-3-4-9-19(15)24-12-10-23(11-13-24)16(2)20(25)22-18-8-5-7-17(21)14-18/h3-9,14,16H,10-13H2,1-2H3,(H,22,25)/p+1/t16-/m1/s1. The van der Waals surface area contributed by atoms with Crippen molar-refractivity contribution >= 4 is 28.9 Å². The predicted molar refractivity (Wildman–Crippen MR) is 104 cm³/mol. The van der Waals surface area contributed by atoms with Crippen LogP contribution in [0.3, 0.4) is 0 Å². The molecule has 0 radical (unpaired) electrons. The van der Waals surface area contributed by atoms with Gasteiger partial charge in [0, 0.05) is 16.4 Å². The summed E-state index contributed by atoms with van der Waals surface area (Å²) in [6.45, 7) is 8.00. The summed E-state index contributed by atoms with van der Waals surface area (Å²) in [5, 5.41) is 3.60. The number of hydrogen-bond donors (Lipinski definition) is 2. The van der Waals surface area contributed by atoms with Gasteiger partial charge in [0.25, 0.3) is 5.91 Å². The number of quaternary nitrogens is 1. The molecule has 2 N–H and O–H groups in total. The lowest BCUT2D eigenvalue weighted by atomic mass is 10.1. The lowest BCUT2D eigenvalue weighted by molar-refractivity contribution is -0.914. The van der Waals surface area contributed by atoms with Crippen molar-refractivity contribution in [1.29, 1.82) is 0 Å². The molecule has 1 aliphatic rings. The maximum absolute atomic E-state index is 12.5. The molecule has 1 saturated heterocycles. The van der Waals surface area contributed by atoms with Gasteiger partial charge in [-0.05, 0) is 43.7 Å². The van der Waals surface area contributed by atoms with Gasteiger partial charge in [-0.3, -0.25) is 4.79 Å². The summed E-state index contributed by atoms with van der Waals surface area (Å²) < 4.78 is 0. The van der Waals surface area contributed by atoms with E-state index in [-0.39, 0.29) is 11.9 Å². The number of anilines is 2. The lowest BCUT2D eigenvalue weighted by Crippen LogP contribution is -3.19. The molecule has 0 aliphatic carbocycles. The summed E-state index contributed by atoms with van der Waals surface area (Å²) >= 11 is 5.98. The highest BCUT2D eigenvalue weighted by molar-refractivity contribution is 6.30. The number of rotatable bonds is 4. The minimum atomic E-state index is -0.0852. The highest BCUT2D eigenvalue weighted by Gasteiger charge is 2.29. The average molecular weight is 359 g/mol. The topological polar surface area (TPSA) is 36.8 Å². The second-order valence-corrected chi connectivity index (χ2v) is 7.09. The number of carbonyl (C=O) groups excluding carboxylic acids is 1. The van der Waals surface area contributed by atoms with Gasteiger partial charge in [0.15, 0.2) is 6.04 Å². The Morgan fingerprint density at radius 2 is 1.88 bits per heavy atom. The molecule has 0 spiro atoms. The SMILES string of the molecule is Cc1ccccc1N1CC[NH+]([C@H](C)C(=O)Nc2cccc(Cl)c2)CC1. The second kappa shape index (κ2) is 7.89. The van der Waals surface area contributed by atoms with Crippen molar-refractivity contribution in [1.82, 2.24) is 0 Å². The molecule has 2 aromatic rings. The normalized spacial score (nSPS) is 16.5. The van der Waals surface area contributed by atoms with E-state index in [1.165, 1.54) is 16.2 Å². The molecule has 25 heavy (non-hydrogen) atoms. The lowest BCUT2D eigenvalue weighted by Gasteiger charge is -2.36. The van der Waals surface area contributed by atoms with E-state index in [1.54, 1.807) is 12.1 Å². The summed E-state index contributed by atoms with van der Waals surface area (Å²) in [6, 6.07) is 15.7. The van der Waals surface area contributed by atoms with Gasteiger partial charge in [-0.2, -0.15) is 0 Å². The van der Waals surface area contributed by atoms with Crippen LogP contribution in [-0.2, 0) is 4.79 Å². The number of para-hydroxylation sites is 1. The van der Waals surface area contributed by atoms with Crippen LogP contribution in [0, 0.1) is 6.92 Å². The Kier molecular flexibility index (Phi) is 5.61. The molecule has 1 fully saturated rings. The largest absolute Gasteiger partial charge is 0.360 e. The van der Waals surface area contributed by atoms with Crippen molar-refractivity contribution in [3.05, 3.63) is 59.1 Å². The third-order valence-corrected chi connectivity index (χ3v) is 5.19. The van der Waals surface area contributed by atoms with Gasteiger partial charge in [-0.25, -0.2) is 0 Å². The van der Waals surface area contributed by atoms with E-state index in [9.17, 15) is 4.79 Å². The van der Waals surface area contributed by atoms with Gasteiger partial charge in [-0.1, -0.05) is 35.9 Å². The van der Waals surface area contributed by atoms with E-state index in [0.29, 0.717) is 5.02 Å². The number of aryl methyl sites for hydroxylation is 1. The van der Waals surface area contributed by atoms with Crippen molar-refractivity contribution in [2.75, 3.05) is 36.4 Å². The van der Waals surface area contributed by atoms with Crippen molar-refractivity contribution in [2.24, 2.45) is 0 Å². The number of amides is 1. The van der Waals surface area contributed by atoms with Gasteiger partial charge >= 0.3 is 0 Å². The Bertz CT molecular complexity index is 741. The number of halogens is 1. The second-order valence-electron chi connectivity index (χ2n) is 6.65. The molecule has 0 bridgehead atoms. The van der Waals surface area contributed by atoms with E-state index in [1.807, 2.05) is 19.1 Å². The van der Waals surface area contributed by atoms with Crippen molar-refractivity contribution < 1.29 is 9.69 Å². The summed E-state index contributed by atoms with van der Waals surface area (Å²) in [5.74, 6) is 0.0432. The van der Waals surface area contributed by atoms with E-state index in [0.717, 1.165) is 31.9 Å². The van der Waals surface area contributed by atoms with E-state index in [4.69, 9.17) is 11.6 Å². The zero-order valence-corrected chi connectivity index (χ0v) is 15.5. The molecular formula is C20H25ClN3O+. The van der Waals surface area contributed by atoms with Crippen LogP contribution >= 0.6 is 11.6 Å². The molecule has 1 atom stereocenters. The van der Waals surface area contributed by atoms with Gasteiger partial charge in [-0.15, -0.1) is 0 Å². The number of benzene rings is 2. The first kappa shape index (κ1) is 17.8. The van der Waals surface area contributed by atoms with E-state index >= 15 is 0 Å². The van der Waals surface area contributed by atoms with Crippen molar-refractivity contribution in [2.45, 2.75) is 19.9 Å². The van der Waals surface area contributed by atoms with Crippen LogP contribution in [0.4, 0.5) is 11.4 Å². The molecule has 132 valence electrons. The smallest absolute Gasteiger partial charge is 0.282 e. The number of carbonyl (C=O) groups is 1. The quantitative estimate of drug-likeness (QED) is 0.880. The number of nitrogens with one attached hydrogen (secondary N) is 2. The maximum atomic E-state index is 12.5. The number of hydrogen-bond acceptors (Lipinski definition) is 2. The minimum absolute atomic E-state index is 0.0432. The summed E-state index contributed by atoms with van der Waals surface area (Å²) in [5.41, 5.74) is 3.36. The van der Waals surface area contributed by atoms with Gasteiger partial charge < -0.3 is 15.1 Å². The fraction of sp³-hybridized carbons (Fsp3) is 0.350. The Morgan fingerprint density at radius 3 is 2.56 bits per heavy atom. The van der Waals surface area contributed by atoms with Crippen LogP contribution in [0.1, 0.15) is 12.5 Å². The fourth-order valence-corrected chi connectivity index (χ4v) is 3.58. The maximum Gasteiger partial charge on any atom is 0.282 e. The molecule has 1 heterocycles. The van der Waals surface area contributed by atoms with Crippen LogP contribution in [0.2, 0.25) is 5.02 Å². The highest BCUT2D eigenvalue weighted by Crippen LogP contribution is 2.19. The predicted octanol–water partition coefficient (Wildman–Crippen LogP) is 2.38. The van der Waals surface area contributed by atoms with Gasteiger partial charge in [0.2, 0.25) is 0 Å². The zero-order valence-electron chi connectivity index (χ0n) is 14.8. The Balaban J connectivity index is 1.57. The first-order valence-corrected chi connectivity index (χ1v) is 9.14. The van der Waals surface area contributed by atoms with Crippen LogP contribution < -0.4 is 15.1 Å². The fourth-order valence-electron chi connectivity index (χ4n) is 3.39. The Hall–Kier alpha value is -2.04. The van der Waals surface area contributed by atoms with Crippen molar-refractivity contribution in [3.8, 4) is 0 Å². The minimum Gasteiger partial charge on any atom is -0.360 e. The third-order valence-electron chi connectivity index (χ3n) is 4.96. The van der Waals surface area contributed by atoms with E-state index in [2.05, 4.69) is 41.4 Å². The summed E-state index contributed by atoms with van der Waals surface area (Å²) in [4.78, 5) is 16.3. The molecule has 2 aromatic carbocycles. The van der Waals surface area contributed by atoms with Crippen molar-refractivity contribution in [3.63, 3.8) is 0 Å². The van der Waals surface area contributed by atoms with Crippen LogP contribution in [-0.4, -0.2) is 38.1 Å². The molecule has 5 heteroatoms. The number of piperazine rings is 1.